The highest BCUT2D eigenvalue weighted by molar-refractivity contribution is 9.09. The fraction of sp³-hybridized carbons (Fsp3) is 0.200. The zero-order chi connectivity index (χ0) is 18.4. The molecule has 2 rings (SSSR count). The van der Waals surface area contributed by atoms with E-state index in [9.17, 15) is 19.7 Å². The lowest BCUT2D eigenvalue weighted by atomic mass is 10.1. The summed E-state index contributed by atoms with van der Waals surface area (Å²) in [6.07, 6.45) is 2.79. The maximum absolute atomic E-state index is 11.6. The summed E-state index contributed by atoms with van der Waals surface area (Å²) >= 11 is 3.26. The number of ether oxygens (including phenoxy) is 2. The third-order valence-corrected chi connectivity index (χ3v) is 3.42. The van der Waals surface area contributed by atoms with Gasteiger partial charge in [0.2, 0.25) is 0 Å². The zero-order valence-corrected chi connectivity index (χ0v) is 14.7. The number of rotatable bonds is 7. The van der Waals surface area contributed by atoms with E-state index in [2.05, 4.69) is 20.9 Å². The molecule has 0 bridgehead atoms. The summed E-state index contributed by atoms with van der Waals surface area (Å²) in [5, 5.41) is 11.7. The van der Waals surface area contributed by atoms with Crippen LogP contribution in [-0.2, 0) is 0 Å². The van der Waals surface area contributed by atoms with Gasteiger partial charge in [-0.05, 0) is 23.8 Å². The van der Waals surface area contributed by atoms with Crippen LogP contribution in [-0.4, -0.2) is 33.9 Å². The number of benzene rings is 1. The summed E-state index contributed by atoms with van der Waals surface area (Å²) in [6.45, 7) is 0.464. The number of hydrogen-bond acceptors (Lipinski definition) is 6. The van der Waals surface area contributed by atoms with Crippen molar-refractivity contribution in [3.8, 4) is 11.5 Å². The normalized spacial score (nSPS) is 10.8. The van der Waals surface area contributed by atoms with Crippen molar-refractivity contribution in [2.75, 3.05) is 19.0 Å². The SMILES string of the molecule is COc1cc(/C=C/c2[nH]c(=O)[nH]c(=O)c2[N+](=O)[O-])ccc1OCCBr. The van der Waals surface area contributed by atoms with E-state index in [1.54, 1.807) is 18.2 Å². The second-order valence-corrected chi connectivity index (χ2v) is 5.50. The summed E-state index contributed by atoms with van der Waals surface area (Å²) in [7, 11) is 1.49. The third-order valence-electron chi connectivity index (χ3n) is 3.09. The van der Waals surface area contributed by atoms with Gasteiger partial charge in [0, 0.05) is 5.33 Å². The summed E-state index contributed by atoms with van der Waals surface area (Å²) in [4.78, 5) is 37.1. The van der Waals surface area contributed by atoms with Crippen LogP contribution in [0.5, 0.6) is 11.5 Å². The minimum atomic E-state index is -1.07. The van der Waals surface area contributed by atoms with Crippen LogP contribution in [0.25, 0.3) is 12.2 Å². The monoisotopic (exact) mass is 411 g/mol. The molecular weight excluding hydrogens is 398 g/mol. The van der Waals surface area contributed by atoms with Crippen molar-refractivity contribution in [2.24, 2.45) is 0 Å². The average Bonchev–Trinajstić information content (AvgIpc) is 2.57. The Balaban J connectivity index is 2.38. The Kier molecular flexibility index (Phi) is 6.12. The van der Waals surface area contributed by atoms with Gasteiger partial charge >= 0.3 is 16.9 Å². The Morgan fingerprint density at radius 2 is 2.00 bits per heavy atom. The number of hydrogen-bond donors (Lipinski definition) is 2. The number of halogens is 1. The van der Waals surface area contributed by atoms with Crippen molar-refractivity contribution < 1.29 is 14.4 Å². The second kappa shape index (κ2) is 8.29. The lowest BCUT2D eigenvalue weighted by Crippen LogP contribution is -2.25. The van der Waals surface area contributed by atoms with Gasteiger partial charge in [0.25, 0.3) is 0 Å². The maximum Gasteiger partial charge on any atom is 0.357 e. The molecule has 1 heterocycles. The third kappa shape index (κ3) is 4.57. The molecular formula is C15H14BrN3O6. The lowest BCUT2D eigenvalue weighted by molar-refractivity contribution is -0.386. The number of H-pyrrole nitrogens is 2. The average molecular weight is 412 g/mol. The summed E-state index contributed by atoms with van der Waals surface area (Å²) in [6, 6.07) is 5.06. The second-order valence-electron chi connectivity index (χ2n) is 4.71. The van der Waals surface area contributed by atoms with Gasteiger partial charge in [0.1, 0.15) is 5.69 Å². The van der Waals surface area contributed by atoms with Crippen LogP contribution >= 0.6 is 15.9 Å². The summed E-state index contributed by atoms with van der Waals surface area (Å²) in [5.74, 6) is 1.03. The van der Waals surface area contributed by atoms with Crippen LogP contribution in [0.3, 0.4) is 0 Å². The van der Waals surface area contributed by atoms with Gasteiger partial charge in [0.05, 0.1) is 18.6 Å². The fourth-order valence-corrected chi connectivity index (χ4v) is 2.20. The van der Waals surface area contributed by atoms with Crippen LogP contribution in [0, 0.1) is 10.1 Å². The molecule has 0 saturated heterocycles. The molecule has 25 heavy (non-hydrogen) atoms. The Hall–Kier alpha value is -2.88. The van der Waals surface area contributed by atoms with E-state index < -0.39 is 21.9 Å². The number of aromatic amines is 2. The Labute approximate surface area is 149 Å². The van der Waals surface area contributed by atoms with Gasteiger partial charge < -0.3 is 14.5 Å². The van der Waals surface area contributed by atoms with Gasteiger partial charge in [-0.1, -0.05) is 28.1 Å². The van der Waals surface area contributed by atoms with E-state index in [-0.39, 0.29) is 5.69 Å². The highest BCUT2D eigenvalue weighted by atomic mass is 79.9. The topological polar surface area (TPSA) is 127 Å². The van der Waals surface area contributed by atoms with Gasteiger partial charge in [-0.2, -0.15) is 0 Å². The van der Waals surface area contributed by atoms with E-state index in [1.807, 2.05) is 4.98 Å². The number of methoxy groups -OCH3 is 1. The Morgan fingerprint density at radius 3 is 2.64 bits per heavy atom. The number of nitrogens with zero attached hydrogens (tertiary/aromatic N) is 1. The van der Waals surface area contributed by atoms with Crippen LogP contribution in [0.2, 0.25) is 0 Å². The fourth-order valence-electron chi connectivity index (χ4n) is 2.03. The predicted octanol–water partition coefficient (Wildman–Crippen LogP) is 1.92. The highest BCUT2D eigenvalue weighted by Crippen LogP contribution is 2.29. The van der Waals surface area contributed by atoms with Gasteiger partial charge in [0.15, 0.2) is 11.5 Å². The molecule has 0 spiro atoms. The van der Waals surface area contributed by atoms with Crippen molar-refractivity contribution in [3.05, 3.63) is 60.4 Å². The first-order valence-corrected chi connectivity index (χ1v) is 8.14. The molecule has 1 aromatic heterocycles. The molecule has 10 heteroatoms. The molecule has 0 aliphatic rings. The van der Waals surface area contributed by atoms with Crippen molar-refractivity contribution in [1.29, 1.82) is 0 Å². The number of nitrogens with one attached hydrogen (secondary N) is 2. The summed E-state index contributed by atoms with van der Waals surface area (Å²) in [5.41, 5.74) is -2.19. The standard InChI is InChI=1S/C15H14BrN3O6/c1-24-12-8-9(3-5-11(12)25-7-6-16)2-4-10-13(19(22)23)14(20)18-15(21)17-10/h2-5,8H,6-7H2,1H3,(H2,17,18,20,21)/b4-2+. The van der Waals surface area contributed by atoms with E-state index >= 15 is 0 Å². The van der Waals surface area contributed by atoms with Crippen molar-refractivity contribution in [1.82, 2.24) is 9.97 Å². The van der Waals surface area contributed by atoms with Crippen molar-refractivity contribution >= 4 is 33.8 Å². The number of aromatic nitrogens is 2. The van der Waals surface area contributed by atoms with Gasteiger partial charge in [-0.25, -0.2) is 4.79 Å². The first-order valence-electron chi connectivity index (χ1n) is 7.02. The van der Waals surface area contributed by atoms with Crippen LogP contribution < -0.4 is 20.7 Å². The minimum Gasteiger partial charge on any atom is -0.493 e. The predicted molar refractivity (Wildman–Crippen MR) is 95.5 cm³/mol. The molecule has 0 amide bonds. The van der Waals surface area contributed by atoms with E-state index in [4.69, 9.17) is 9.47 Å². The first kappa shape index (κ1) is 18.5. The van der Waals surface area contributed by atoms with Crippen molar-refractivity contribution in [2.45, 2.75) is 0 Å². The van der Waals surface area contributed by atoms with Gasteiger partial charge in [-0.15, -0.1) is 0 Å². The molecule has 132 valence electrons. The highest BCUT2D eigenvalue weighted by Gasteiger charge is 2.18. The zero-order valence-electron chi connectivity index (χ0n) is 13.1. The molecule has 0 fully saturated rings. The lowest BCUT2D eigenvalue weighted by Gasteiger charge is -2.10. The molecule has 1 aromatic carbocycles. The Bertz CT molecular complexity index is 918. The molecule has 0 atom stereocenters. The minimum absolute atomic E-state index is 0.197. The van der Waals surface area contributed by atoms with Crippen molar-refractivity contribution in [3.63, 3.8) is 0 Å². The summed E-state index contributed by atoms with van der Waals surface area (Å²) < 4.78 is 10.7. The molecule has 0 radical (unpaired) electrons. The molecule has 0 aliphatic heterocycles. The molecule has 0 aliphatic carbocycles. The quantitative estimate of drug-likeness (QED) is 0.406. The van der Waals surface area contributed by atoms with Crippen LogP contribution in [0.1, 0.15) is 11.3 Å². The van der Waals surface area contributed by atoms with E-state index in [0.29, 0.717) is 29.0 Å². The molecule has 0 saturated carbocycles. The number of alkyl halides is 1. The first-order chi connectivity index (χ1) is 12.0. The molecule has 2 aromatic rings. The van der Waals surface area contributed by atoms with Crippen LogP contribution in [0.15, 0.2) is 27.8 Å². The molecule has 2 N–H and O–H groups in total. The van der Waals surface area contributed by atoms with Gasteiger partial charge in [-0.3, -0.25) is 19.9 Å². The van der Waals surface area contributed by atoms with E-state index in [0.717, 1.165) is 0 Å². The molecule has 0 unspecified atom stereocenters. The molecule has 9 nitrogen and oxygen atoms in total. The maximum atomic E-state index is 11.6. The number of nitro groups is 1. The largest absolute Gasteiger partial charge is 0.493 e. The van der Waals surface area contributed by atoms with Crippen LogP contribution in [0.4, 0.5) is 5.69 Å². The smallest absolute Gasteiger partial charge is 0.357 e. The Morgan fingerprint density at radius 1 is 1.24 bits per heavy atom. The van der Waals surface area contributed by atoms with E-state index in [1.165, 1.54) is 19.3 Å².